The van der Waals surface area contributed by atoms with Crippen molar-refractivity contribution in [1.82, 2.24) is 0 Å². The summed E-state index contributed by atoms with van der Waals surface area (Å²) in [6, 6.07) is 0. The van der Waals surface area contributed by atoms with Gasteiger partial charge in [0, 0.05) is 5.41 Å². The van der Waals surface area contributed by atoms with Crippen LogP contribution in [0.4, 0.5) is 0 Å². The molecule has 14 heavy (non-hydrogen) atoms. The van der Waals surface area contributed by atoms with Gasteiger partial charge in [-0.15, -0.1) is 35.3 Å². The molecule has 1 unspecified atom stereocenters. The van der Waals surface area contributed by atoms with E-state index in [1.54, 1.807) is 35.3 Å². The molecule has 5 heteroatoms. The minimum Gasteiger partial charge on any atom is -0.396 e. The predicted octanol–water partition coefficient (Wildman–Crippen LogP) is 2.11. The molecule has 0 aromatic rings. The molecule has 0 aromatic carbocycles. The SMILES string of the molecule is CSC(SC)(SC)C(O)C(C)(C)CO. The van der Waals surface area contributed by atoms with Crippen LogP contribution in [-0.2, 0) is 0 Å². The Morgan fingerprint density at radius 1 is 1.07 bits per heavy atom. The molecule has 2 N–H and O–H groups in total. The zero-order valence-corrected chi connectivity index (χ0v) is 11.9. The van der Waals surface area contributed by atoms with Gasteiger partial charge < -0.3 is 10.2 Å². The fourth-order valence-corrected chi connectivity index (χ4v) is 4.78. The first-order chi connectivity index (χ1) is 6.40. The number of aliphatic hydroxyl groups excluding tert-OH is 2. The zero-order valence-electron chi connectivity index (χ0n) is 9.40. The van der Waals surface area contributed by atoms with Crippen molar-refractivity contribution in [2.24, 2.45) is 5.41 Å². The second-order valence-electron chi connectivity index (χ2n) is 3.77. The Bertz CT molecular complexity index is 161. The molecule has 0 saturated heterocycles. The maximum Gasteiger partial charge on any atom is 0.132 e. The lowest BCUT2D eigenvalue weighted by atomic mass is 9.88. The summed E-state index contributed by atoms with van der Waals surface area (Å²) in [7, 11) is 0. The lowest BCUT2D eigenvalue weighted by Crippen LogP contribution is -2.45. The van der Waals surface area contributed by atoms with Crippen LogP contribution in [0.2, 0.25) is 0 Å². The molecule has 0 rings (SSSR count). The first kappa shape index (κ1) is 15.0. The van der Waals surface area contributed by atoms with Crippen LogP contribution in [0, 0.1) is 5.41 Å². The molecule has 0 radical (unpaired) electrons. The van der Waals surface area contributed by atoms with Crippen LogP contribution in [0.3, 0.4) is 0 Å². The highest BCUT2D eigenvalue weighted by Crippen LogP contribution is 2.50. The Morgan fingerprint density at radius 3 is 1.64 bits per heavy atom. The Balaban J connectivity index is 4.84. The third-order valence-electron chi connectivity index (χ3n) is 2.34. The van der Waals surface area contributed by atoms with Crippen LogP contribution >= 0.6 is 35.3 Å². The Kier molecular flexibility index (Phi) is 6.30. The smallest absolute Gasteiger partial charge is 0.132 e. The lowest BCUT2D eigenvalue weighted by Gasteiger charge is -2.41. The van der Waals surface area contributed by atoms with E-state index in [2.05, 4.69) is 0 Å². The van der Waals surface area contributed by atoms with Gasteiger partial charge in [-0.05, 0) is 18.8 Å². The monoisotopic (exact) mass is 256 g/mol. The molecule has 86 valence electrons. The van der Waals surface area contributed by atoms with Gasteiger partial charge in [-0.2, -0.15) is 0 Å². The second kappa shape index (κ2) is 5.89. The van der Waals surface area contributed by atoms with Crippen molar-refractivity contribution in [2.75, 3.05) is 25.4 Å². The third-order valence-corrected chi connectivity index (χ3v) is 7.71. The molecule has 0 aromatic heterocycles. The Labute approximate surface area is 99.6 Å². The summed E-state index contributed by atoms with van der Waals surface area (Å²) in [5, 5.41) is 19.5. The molecule has 0 saturated carbocycles. The second-order valence-corrected chi connectivity index (χ2v) is 7.70. The number of rotatable bonds is 6. The minimum absolute atomic E-state index is 0.00238. The van der Waals surface area contributed by atoms with Gasteiger partial charge in [0.1, 0.15) is 3.41 Å². The third kappa shape index (κ3) is 2.98. The van der Waals surface area contributed by atoms with Crippen molar-refractivity contribution in [3.05, 3.63) is 0 Å². The first-order valence-corrected chi connectivity index (χ1v) is 8.02. The molecule has 0 fully saturated rings. The summed E-state index contributed by atoms with van der Waals surface area (Å²) >= 11 is 4.90. The molecule has 2 nitrogen and oxygen atoms in total. The van der Waals surface area contributed by atoms with Crippen molar-refractivity contribution < 1.29 is 10.2 Å². The van der Waals surface area contributed by atoms with Crippen LogP contribution in [-0.4, -0.2) is 45.1 Å². The predicted molar refractivity (Wildman–Crippen MR) is 70.1 cm³/mol. The van der Waals surface area contributed by atoms with E-state index >= 15 is 0 Å². The molecule has 0 aliphatic carbocycles. The van der Waals surface area contributed by atoms with E-state index in [0.29, 0.717) is 0 Å². The normalized spacial score (nSPS) is 15.6. The van der Waals surface area contributed by atoms with E-state index in [-0.39, 0.29) is 10.0 Å². The van der Waals surface area contributed by atoms with Crippen LogP contribution in [0.15, 0.2) is 0 Å². The highest BCUT2D eigenvalue weighted by atomic mass is 32.3. The standard InChI is InChI=1S/C9H20O2S3/c1-8(2,6-10)7(11)9(12-3,13-4)14-5/h7,10-11H,6H2,1-5H3. The molecule has 1 atom stereocenters. The highest BCUT2D eigenvalue weighted by molar-refractivity contribution is 8.33. The van der Waals surface area contributed by atoms with Crippen LogP contribution in [0.1, 0.15) is 13.8 Å². The Morgan fingerprint density at radius 2 is 1.43 bits per heavy atom. The van der Waals surface area contributed by atoms with Gasteiger partial charge in [-0.1, -0.05) is 13.8 Å². The van der Waals surface area contributed by atoms with E-state index < -0.39 is 11.5 Å². The maximum atomic E-state index is 10.3. The summed E-state index contributed by atoms with van der Waals surface area (Å²) in [4.78, 5) is 0. The lowest BCUT2D eigenvalue weighted by molar-refractivity contribution is 0.0142. The average molecular weight is 256 g/mol. The van der Waals surface area contributed by atoms with Gasteiger partial charge in [-0.3, -0.25) is 0 Å². The van der Waals surface area contributed by atoms with E-state index in [4.69, 9.17) is 0 Å². The van der Waals surface area contributed by atoms with Gasteiger partial charge in [0.15, 0.2) is 0 Å². The molecular formula is C9H20O2S3. The average Bonchev–Trinajstić information content (AvgIpc) is 2.21. The fraction of sp³-hybridized carbons (Fsp3) is 1.00. The summed E-state index contributed by atoms with van der Waals surface area (Å²) in [6.45, 7) is 3.77. The van der Waals surface area contributed by atoms with Crippen LogP contribution in [0.25, 0.3) is 0 Å². The number of thioether (sulfide) groups is 3. The van der Waals surface area contributed by atoms with Crippen LogP contribution < -0.4 is 0 Å². The number of hydrogen-bond donors (Lipinski definition) is 2. The topological polar surface area (TPSA) is 40.5 Å². The van der Waals surface area contributed by atoms with Crippen molar-refractivity contribution in [1.29, 1.82) is 0 Å². The highest BCUT2D eigenvalue weighted by Gasteiger charge is 2.44. The van der Waals surface area contributed by atoms with Gasteiger partial charge in [0.2, 0.25) is 0 Å². The van der Waals surface area contributed by atoms with Gasteiger partial charge in [0.25, 0.3) is 0 Å². The van der Waals surface area contributed by atoms with Gasteiger partial charge >= 0.3 is 0 Å². The van der Waals surface area contributed by atoms with Gasteiger partial charge in [0.05, 0.1) is 12.7 Å². The summed E-state index contributed by atoms with van der Waals surface area (Å²) in [5.41, 5.74) is -0.463. The number of hydrogen-bond acceptors (Lipinski definition) is 5. The van der Waals surface area contributed by atoms with E-state index in [0.717, 1.165) is 0 Å². The van der Waals surface area contributed by atoms with Crippen molar-refractivity contribution in [2.45, 2.75) is 23.4 Å². The summed E-state index contributed by atoms with van der Waals surface area (Å²) < 4.78 is -0.285. The van der Waals surface area contributed by atoms with Gasteiger partial charge in [-0.25, -0.2) is 0 Å². The van der Waals surface area contributed by atoms with E-state index in [1.807, 2.05) is 32.6 Å². The molecular weight excluding hydrogens is 236 g/mol. The fourth-order valence-electron chi connectivity index (χ4n) is 1.15. The molecule has 0 bridgehead atoms. The van der Waals surface area contributed by atoms with Crippen molar-refractivity contribution in [3.8, 4) is 0 Å². The van der Waals surface area contributed by atoms with Crippen molar-refractivity contribution >= 4 is 35.3 Å². The largest absolute Gasteiger partial charge is 0.396 e. The van der Waals surface area contributed by atoms with E-state index in [1.165, 1.54) is 0 Å². The quantitative estimate of drug-likeness (QED) is 0.712. The minimum atomic E-state index is -0.542. The Hall–Kier alpha value is 0.970. The van der Waals surface area contributed by atoms with Crippen molar-refractivity contribution in [3.63, 3.8) is 0 Å². The maximum absolute atomic E-state index is 10.3. The molecule has 0 aliphatic heterocycles. The zero-order chi connectivity index (χ0) is 11.4. The summed E-state index contributed by atoms with van der Waals surface area (Å²) in [5.74, 6) is 0. The summed E-state index contributed by atoms with van der Waals surface area (Å²) in [6.07, 6.45) is 5.43. The molecule has 0 heterocycles. The van der Waals surface area contributed by atoms with E-state index in [9.17, 15) is 10.2 Å². The molecule has 0 aliphatic rings. The first-order valence-electron chi connectivity index (χ1n) is 4.34. The van der Waals surface area contributed by atoms with Crippen LogP contribution in [0.5, 0.6) is 0 Å². The number of aliphatic hydroxyl groups is 2. The molecule has 0 amide bonds. The molecule has 0 spiro atoms.